The molecule has 20 heavy (non-hydrogen) atoms. The second-order valence-corrected chi connectivity index (χ2v) is 5.53. The molecule has 0 fully saturated rings. The van der Waals surface area contributed by atoms with Gasteiger partial charge < -0.3 is 5.73 Å². The number of nitrogens with zero attached hydrogens (tertiary/aromatic N) is 3. The van der Waals surface area contributed by atoms with Crippen LogP contribution in [0.5, 0.6) is 0 Å². The third-order valence-electron chi connectivity index (χ3n) is 3.29. The first-order chi connectivity index (χ1) is 9.62. The highest BCUT2D eigenvalue weighted by molar-refractivity contribution is 9.10. The molecule has 2 N–H and O–H groups in total. The van der Waals surface area contributed by atoms with Crippen molar-refractivity contribution in [3.8, 4) is 0 Å². The minimum atomic E-state index is -0.805. The minimum Gasteiger partial charge on any atom is -0.382 e. The Balaban J connectivity index is 2.26. The number of hydrogen-bond acceptors (Lipinski definition) is 4. The Kier molecular flexibility index (Phi) is 3.14. The van der Waals surface area contributed by atoms with E-state index in [1.165, 1.54) is 0 Å². The Morgan fingerprint density at radius 1 is 1.05 bits per heavy atom. The largest absolute Gasteiger partial charge is 0.382 e. The van der Waals surface area contributed by atoms with Gasteiger partial charge in [0, 0.05) is 28.0 Å². The summed E-state index contributed by atoms with van der Waals surface area (Å²) in [5, 5.41) is 0. The first-order valence-corrected chi connectivity index (χ1v) is 7.00. The van der Waals surface area contributed by atoms with Gasteiger partial charge in [-0.1, -0.05) is 28.1 Å². The van der Waals surface area contributed by atoms with Crippen molar-refractivity contribution in [2.75, 3.05) is 0 Å². The summed E-state index contributed by atoms with van der Waals surface area (Å²) in [6.45, 7) is 1.87. The fourth-order valence-electron chi connectivity index (χ4n) is 2.29. The smallest absolute Gasteiger partial charge is 0.204 e. The molecule has 3 rings (SSSR count). The summed E-state index contributed by atoms with van der Waals surface area (Å²) in [5.74, 6) is 0.474. The highest BCUT2D eigenvalue weighted by atomic mass is 79.9. The normalized spacial score (nSPS) is 21.5. The number of nitrogens with two attached hydrogens (primary N) is 1. The van der Waals surface area contributed by atoms with Gasteiger partial charge in [-0.2, -0.15) is 0 Å². The van der Waals surface area contributed by atoms with Crippen molar-refractivity contribution < 1.29 is 0 Å². The zero-order valence-electron chi connectivity index (χ0n) is 10.9. The van der Waals surface area contributed by atoms with E-state index in [1.807, 2.05) is 43.3 Å². The molecule has 0 amide bonds. The monoisotopic (exact) mass is 328 g/mol. The Morgan fingerprint density at radius 2 is 1.80 bits per heavy atom. The van der Waals surface area contributed by atoms with Crippen LogP contribution in [0.15, 0.2) is 63.2 Å². The summed E-state index contributed by atoms with van der Waals surface area (Å²) in [6, 6.07) is 11.8. The van der Waals surface area contributed by atoms with E-state index < -0.39 is 5.66 Å². The first-order valence-electron chi connectivity index (χ1n) is 6.20. The predicted molar refractivity (Wildman–Crippen MR) is 83.9 cm³/mol. The van der Waals surface area contributed by atoms with Gasteiger partial charge in [0.25, 0.3) is 0 Å². The van der Waals surface area contributed by atoms with E-state index in [1.54, 1.807) is 12.4 Å². The zero-order valence-corrected chi connectivity index (χ0v) is 12.5. The fourth-order valence-corrected chi connectivity index (χ4v) is 2.69. The van der Waals surface area contributed by atoms with Gasteiger partial charge in [-0.3, -0.25) is 4.98 Å². The average molecular weight is 329 g/mol. The topological polar surface area (TPSA) is 63.6 Å². The maximum Gasteiger partial charge on any atom is 0.204 e. The van der Waals surface area contributed by atoms with Crippen molar-refractivity contribution in [3.05, 3.63) is 64.4 Å². The van der Waals surface area contributed by atoms with Gasteiger partial charge in [-0.25, -0.2) is 9.98 Å². The third kappa shape index (κ3) is 2.04. The van der Waals surface area contributed by atoms with Gasteiger partial charge in [-0.15, -0.1) is 0 Å². The average Bonchev–Trinajstić information content (AvgIpc) is 2.77. The maximum absolute atomic E-state index is 5.96. The molecule has 0 unspecified atom stereocenters. The number of hydrogen-bond donors (Lipinski definition) is 1. The van der Waals surface area contributed by atoms with E-state index in [4.69, 9.17) is 10.7 Å². The first kappa shape index (κ1) is 13.0. The number of aromatic nitrogens is 1. The summed E-state index contributed by atoms with van der Waals surface area (Å²) >= 11 is 3.50. The molecule has 0 radical (unpaired) electrons. The van der Waals surface area contributed by atoms with Crippen LogP contribution in [0.1, 0.15) is 18.1 Å². The number of pyridine rings is 1. The molecule has 1 aromatic carbocycles. The molecule has 1 aromatic heterocycles. The summed E-state index contributed by atoms with van der Waals surface area (Å²) in [6.07, 6.45) is 3.48. The molecule has 100 valence electrons. The third-order valence-corrected chi connectivity index (χ3v) is 3.79. The standard InChI is InChI=1S/C15H13BrN4/c1-10-14(17)20-15(19-10,11-5-7-18-8-6-11)12-3-2-4-13(16)9-12/h2-9H,1H3,(H2,17,20)/t15-/m1/s1. The van der Waals surface area contributed by atoms with Crippen molar-refractivity contribution in [1.82, 2.24) is 4.98 Å². The Hall–Kier alpha value is -2.01. The lowest BCUT2D eigenvalue weighted by Gasteiger charge is -2.24. The van der Waals surface area contributed by atoms with E-state index in [0.717, 1.165) is 21.3 Å². The van der Waals surface area contributed by atoms with Gasteiger partial charge >= 0.3 is 0 Å². The Morgan fingerprint density at radius 3 is 2.40 bits per heavy atom. The van der Waals surface area contributed by atoms with Crippen LogP contribution in [0.25, 0.3) is 0 Å². The van der Waals surface area contributed by atoms with E-state index in [0.29, 0.717) is 5.84 Å². The van der Waals surface area contributed by atoms with Crippen LogP contribution < -0.4 is 5.73 Å². The van der Waals surface area contributed by atoms with Crippen LogP contribution in [0.2, 0.25) is 0 Å². The van der Waals surface area contributed by atoms with E-state index in [-0.39, 0.29) is 0 Å². The lowest BCUT2D eigenvalue weighted by Crippen LogP contribution is -2.22. The molecule has 1 aliphatic heterocycles. The molecule has 0 saturated heterocycles. The van der Waals surface area contributed by atoms with E-state index >= 15 is 0 Å². The highest BCUT2D eigenvalue weighted by Crippen LogP contribution is 2.38. The second kappa shape index (κ2) is 4.83. The molecule has 0 bridgehead atoms. The molecular formula is C15H13BrN4. The van der Waals surface area contributed by atoms with Gasteiger partial charge in [0.05, 0.1) is 5.71 Å². The summed E-state index contributed by atoms with van der Waals surface area (Å²) in [4.78, 5) is 13.4. The van der Waals surface area contributed by atoms with Crippen LogP contribution in [0.4, 0.5) is 0 Å². The highest BCUT2D eigenvalue weighted by Gasteiger charge is 2.38. The molecule has 1 aliphatic rings. The summed E-state index contributed by atoms with van der Waals surface area (Å²) < 4.78 is 0.983. The molecule has 4 nitrogen and oxygen atoms in total. The van der Waals surface area contributed by atoms with Gasteiger partial charge in [0.15, 0.2) is 0 Å². The van der Waals surface area contributed by atoms with Crippen molar-refractivity contribution in [2.24, 2.45) is 15.7 Å². The lowest BCUT2D eigenvalue weighted by molar-refractivity contribution is 0.586. The van der Waals surface area contributed by atoms with Gasteiger partial charge in [-0.05, 0) is 31.2 Å². The van der Waals surface area contributed by atoms with E-state index in [9.17, 15) is 0 Å². The van der Waals surface area contributed by atoms with Gasteiger partial charge in [0.1, 0.15) is 5.84 Å². The van der Waals surface area contributed by atoms with Crippen molar-refractivity contribution in [1.29, 1.82) is 0 Å². The molecule has 2 aromatic rings. The Bertz CT molecular complexity index is 689. The molecule has 1 atom stereocenters. The predicted octanol–water partition coefficient (Wildman–Crippen LogP) is 2.88. The summed E-state index contributed by atoms with van der Waals surface area (Å²) in [7, 11) is 0. The van der Waals surface area contributed by atoms with Crippen LogP contribution in [0, 0.1) is 0 Å². The molecule has 0 spiro atoms. The summed E-state index contributed by atoms with van der Waals surface area (Å²) in [5.41, 5.74) is 7.83. The molecular weight excluding hydrogens is 316 g/mol. The Labute approximate surface area is 125 Å². The molecule has 0 aliphatic carbocycles. The molecule has 0 saturated carbocycles. The quantitative estimate of drug-likeness (QED) is 0.921. The van der Waals surface area contributed by atoms with Crippen molar-refractivity contribution in [2.45, 2.75) is 12.6 Å². The molecule has 2 heterocycles. The van der Waals surface area contributed by atoms with Crippen LogP contribution in [-0.2, 0) is 5.66 Å². The minimum absolute atomic E-state index is 0.474. The number of amidine groups is 1. The fraction of sp³-hybridized carbons (Fsp3) is 0.133. The van der Waals surface area contributed by atoms with Crippen LogP contribution in [0.3, 0.4) is 0 Å². The number of benzene rings is 1. The number of halogens is 1. The van der Waals surface area contributed by atoms with E-state index in [2.05, 4.69) is 25.9 Å². The van der Waals surface area contributed by atoms with Gasteiger partial charge in [0.2, 0.25) is 5.66 Å². The van der Waals surface area contributed by atoms with Crippen LogP contribution in [-0.4, -0.2) is 16.5 Å². The van der Waals surface area contributed by atoms with Crippen LogP contribution >= 0.6 is 15.9 Å². The van der Waals surface area contributed by atoms with Crippen molar-refractivity contribution in [3.63, 3.8) is 0 Å². The molecule has 5 heteroatoms. The van der Waals surface area contributed by atoms with Crippen molar-refractivity contribution >= 4 is 27.5 Å². The number of aliphatic imine (C=N–C) groups is 2. The zero-order chi connectivity index (χ0) is 14.2. The SMILES string of the molecule is CC1=N[C@@](c2ccncc2)(c2cccc(Br)c2)N=C1N. The second-order valence-electron chi connectivity index (χ2n) is 4.61. The maximum atomic E-state index is 5.96. The number of rotatable bonds is 2. The lowest BCUT2D eigenvalue weighted by atomic mass is 9.93.